The van der Waals surface area contributed by atoms with Crippen molar-refractivity contribution in [3.63, 3.8) is 0 Å². The minimum Gasteiger partial charge on any atom is -0.357 e. The first kappa shape index (κ1) is 22.2. The van der Waals surface area contributed by atoms with Crippen molar-refractivity contribution < 1.29 is 4.79 Å². The van der Waals surface area contributed by atoms with Gasteiger partial charge in [-0.25, -0.2) is 4.99 Å². The number of nitrogens with zero attached hydrogens (tertiary/aromatic N) is 1. The van der Waals surface area contributed by atoms with Crippen LogP contribution in [0.2, 0.25) is 0 Å². The van der Waals surface area contributed by atoms with E-state index in [2.05, 4.69) is 32.4 Å². The van der Waals surface area contributed by atoms with Crippen LogP contribution >= 0.6 is 35.3 Å². The van der Waals surface area contributed by atoms with Gasteiger partial charge in [0, 0.05) is 30.9 Å². The number of amides is 1. The second-order valence-electron chi connectivity index (χ2n) is 6.26. The fraction of sp³-hybridized carbons (Fsp3) is 0.667. The number of rotatable bonds is 8. The standard InChI is InChI=1S/C18H30N4OS.HI/c1-2-19-18(22-14-16-9-6-12-24-16)21-11-10-20-17(23)13-15-7-4-3-5-8-15;/h6,9,12,15H,2-5,7-8,10-11,13-14H2,1H3,(H,20,23)(H2,19,21,22);1H. The molecule has 3 N–H and O–H groups in total. The van der Waals surface area contributed by atoms with E-state index in [9.17, 15) is 4.79 Å². The van der Waals surface area contributed by atoms with E-state index in [1.165, 1.54) is 37.0 Å². The van der Waals surface area contributed by atoms with Crippen molar-refractivity contribution in [3.05, 3.63) is 22.4 Å². The van der Waals surface area contributed by atoms with Crippen molar-refractivity contribution in [2.24, 2.45) is 10.9 Å². The van der Waals surface area contributed by atoms with Gasteiger partial charge in [0.2, 0.25) is 5.91 Å². The lowest BCUT2D eigenvalue weighted by Crippen LogP contribution is -2.41. The van der Waals surface area contributed by atoms with Crippen LogP contribution in [0.1, 0.15) is 50.3 Å². The molecule has 1 aromatic rings. The molecule has 0 bridgehead atoms. The highest BCUT2D eigenvalue weighted by atomic mass is 127. The summed E-state index contributed by atoms with van der Waals surface area (Å²) in [6, 6.07) is 4.13. The van der Waals surface area contributed by atoms with E-state index >= 15 is 0 Å². The molecule has 142 valence electrons. The summed E-state index contributed by atoms with van der Waals surface area (Å²) in [6.07, 6.45) is 7.02. The maximum atomic E-state index is 12.0. The van der Waals surface area contributed by atoms with Gasteiger partial charge >= 0.3 is 0 Å². The molecule has 25 heavy (non-hydrogen) atoms. The Morgan fingerprint density at radius 1 is 1.20 bits per heavy atom. The highest BCUT2D eigenvalue weighted by molar-refractivity contribution is 14.0. The van der Waals surface area contributed by atoms with Gasteiger partial charge in [-0.3, -0.25) is 4.79 Å². The van der Waals surface area contributed by atoms with Crippen molar-refractivity contribution in [1.82, 2.24) is 16.0 Å². The molecule has 0 saturated heterocycles. The molecule has 0 radical (unpaired) electrons. The minimum atomic E-state index is 0. The summed E-state index contributed by atoms with van der Waals surface area (Å²) in [5, 5.41) is 11.6. The zero-order valence-corrected chi connectivity index (χ0v) is 18.2. The lowest BCUT2D eigenvalue weighted by molar-refractivity contribution is -0.122. The van der Waals surface area contributed by atoms with Gasteiger partial charge in [-0.15, -0.1) is 35.3 Å². The summed E-state index contributed by atoms with van der Waals surface area (Å²) in [4.78, 5) is 17.8. The van der Waals surface area contributed by atoms with E-state index in [4.69, 9.17) is 0 Å². The number of halogens is 1. The van der Waals surface area contributed by atoms with E-state index in [1.807, 2.05) is 13.0 Å². The molecule has 1 saturated carbocycles. The average molecular weight is 478 g/mol. The third-order valence-electron chi connectivity index (χ3n) is 4.26. The quantitative estimate of drug-likeness (QED) is 0.232. The number of carbonyl (C=O) groups is 1. The van der Waals surface area contributed by atoms with E-state index in [0.29, 0.717) is 32.0 Å². The van der Waals surface area contributed by atoms with Crippen LogP contribution in [0.4, 0.5) is 0 Å². The highest BCUT2D eigenvalue weighted by Crippen LogP contribution is 2.25. The van der Waals surface area contributed by atoms with Crippen LogP contribution in [0.15, 0.2) is 22.5 Å². The van der Waals surface area contributed by atoms with Crippen molar-refractivity contribution >= 4 is 47.2 Å². The van der Waals surface area contributed by atoms with Crippen molar-refractivity contribution in [2.75, 3.05) is 19.6 Å². The van der Waals surface area contributed by atoms with Gasteiger partial charge in [0.25, 0.3) is 0 Å². The minimum absolute atomic E-state index is 0. The van der Waals surface area contributed by atoms with Gasteiger partial charge in [-0.05, 0) is 37.1 Å². The SMILES string of the molecule is CCNC(=NCc1cccs1)NCCNC(=O)CC1CCCCC1.I. The first-order valence-electron chi connectivity index (χ1n) is 9.09. The molecule has 5 nitrogen and oxygen atoms in total. The summed E-state index contributed by atoms with van der Waals surface area (Å²) in [5.41, 5.74) is 0. The third kappa shape index (κ3) is 9.44. The molecule has 1 fully saturated rings. The molecule has 1 heterocycles. The Kier molecular flexibility index (Phi) is 11.9. The maximum Gasteiger partial charge on any atom is 0.220 e. The molecule has 2 rings (SSSR count). The molecule has 1 amide bonds. The van der Waals surface area contributed by atoms with Gasteiger partial charge in [0.05, 0.1) is 6.54 Å². The molecule has 0 aromatic carbocycles. The van der Waals surface area contributed by atoms with Gasteiger partial charge < -0.3 is 16.0 Å². The van der Waals surface area contributed by atoms with Gasteiger partial charge in [0.1, 0.15) is 0 Å². The Balaban J connectivity index is 0.00000312. The predicted molar refractivity (Wildman–Crippen MR) is 117 cm³/mol. The van der Waals surface area contributed by atoms with Gasteiger partial charge in [-0.1, -0.05) is 25.3 Å². The molecule has 7 heteroatoms. The van der Waals surface area contributed by atoms with E-state index in [0.717, 1.165) is 12.5 Å². The van der Waals surface area contributed by atoms with E-state index < -0.39 is 0 Å². The summed E-state index contributed by atoms with van der Waals surface area (Å²) in [7, 11) is 0. The number of hydrogen-bond donors (Lipinski definition) is 3. The Hall–Kier alpha value is -0.830. The molecule has 0 spiro atoms. The van der Waals surface area contributed by atoms with E-state index in [1.54, 1.807) is 11.3 Å². The molecular weight excluding hydrogens is 447 g/mol. The Labute approximate surface area is 172 Å². The normalized spacial score (nSPS) is 15.3. The topological polar surface area (TPSA) is 65.5 Å². The molecule has 0 aliphatic heterocycles. The fourth-order valence-corrected chi connectivity index (χ4v) is 3.64. The largest absolute Gasteiger partial charge is 0.357 e. The predicted octanol–water partition coefficient (Wildman–Crippen LogP) is 3.51. The second kappa shape index (κ2) is 13.4. The van der Waals surface area contributed by atoms with Crippen molar-refractivity contribution in [3.8, 4) is 0 Å². The van der Waals surface area contributed by atoms with Crippen LogP contribution < -0.4 is 16.0 Å². The molecule has 1 aromatic heterocycles. The monoisotopic (exact) mass is 478 g/mol. The summed E-state index contributed by atoms with van der Waals surface area (Å²) < 4.78 is 0. The second-order valence-corrected chi connectivity index (χ2v) is 7.29. The maximum absolute atomic E-state index is 12.0. The number of guanidine groups is 1. The first-order chi connectivity index (χ1) is 11.8. The molecule has 1 aliphatic rings. The third-order valence-corrected chi connectivity index (χ3v) is 5.12. The Morgan fingerprint density at radius 2 is 1.96 bits per heavy atom. The number of hydrogen-bond acceptors (Lipinski definition) is 3. The summed E-state index contributed by atoms with van der Waals surface area (Å²) in [6.45, 7) is 4.88. The summed E-state index contributed by atoms with van der Waals surface area (Å²) >= 11 is 1.71. The molecule has 0 atom stereocenters. The van der Waals surface area contributed by atoms with E-state index in [-0.39, 0.29) is 29.9 Å². The van der Waals surface area contributed by atoms with Crippen LogP contribution in [0, 0.1) is 5.92 Å². The molecule has 1 aliphatic carbocycles. The number of carbonyl (C=O) groups excluding carboxylic acids is 1. The fourth-order valence-electron chi connectivity index (χ4n) is 3.01. The smallest absolute Gasteiger partial charge is 0.220 e. The zero-order valence-electron chi connectivity index (χ0n) is 15.1. The average Bonchev–Trinajstić information content (AvgIpc) is 3.11. The molecule has 0 unspecified atom stereocenters. The first-order valence-corrected chi connectivity index (χ1v) is 9.97. The van der Waals surface area contributed by atoms with Crippen molar-refractivity contribution in [2.45, 2.75) is 52.0 Å². The zero-order chi connectivity index (χ0) is 17.0. The van der Waals surface area contributed by atoms with Gasteiger partial charge in [-0.2, -0.15) is 0 Å². The number of nitrogens with one attached hydrogen (secondary N) is 3. The van der Waals surface area contributed by atoms with Crippen LogP contribution in [0.25, 0.3) is 0 Å². The lowest BCUT2D eigenvalue weighted by atomic mass is 9.87. The van der Waals surface area contributed by atoms with Gasteiger partial charge in [0.15, 0.2) is 5.96 Å². The van der Waals surface area contributed by atoms with Crippen LogP contribution in [0.5, 0.6) is 0 Å². The molecular formula is C18H31IN4OS. The van der Waals surface area contributed by atoms with Crippen LogP contribution in [-0.2, 0) is 11.3 Å². The Bertz CT molecular complexity index is 501. The van der Waals surface area contributed by atoms with Crippen LogP contribution in [-0.4, -0.2) is 31.5 Å². The highest BCUT2D eigenvalue weighted by Gasteiger charge is 2.16. The lowest BCUT2D eigenvalue weighted by Gasteiger charge is -2.20. The number of aliphatic imine (C=N–C) groups is 1. The Morgan fingerprint density at radius 3 is 2.64 bits per heavy atom. The van der Waals surface area contributed by atoms with Crippen molar-refractivity contribution in [1.29, 1.82) is 0 Å². The van der Waals surface area contributed by atoms with Crippen LogP contribution in [0.3, 0.4) is 0 Å². The summed E-state index contributed by atoms with van der Waals surface area (Å²) in [5.74, 6) is 1.58. The number of thiophene rings is 1.